The van der Waals surface area contributed by atoms with Crippen molar-refractivity contribution in [1.29, 1.82) is 0 Å². The molecule has 0 saturated heterocycles. The summed E-state index contributed by atoms with van der Waals surface area (Å²) in [5.74, 6) is 2.22. The summed E-state index contributed by atoms with van der Waals surface area (Å²) in [6, 6.07) is 10.3. The number of nitrogens with zero attached hydrogens (tertiary/aromatic N) is 2. The van der Waals surface area contributed by atoms with Crippen molar-refractivity contribution in [3.8, 4) is 22.9 Å². The molecule has 1 N–H and O–H groups in total. The molecule has 0 bridgehead atoms. The number of hydrogen-bond acceptors (Lipinski definition) is 5. The van der Waals surface area contributed by atoms with Gasteiger partial charge in [0.05, 0.1) is 5.56 Å². The molecule has 25 heavy (non-hydrogen) atoms. The van der Waals surface area contributed by atoms with E-state index in [0.717, 1.165) is 21.5 Å². The summed E-state index contributed by atoms with van der Waals surface area (Å²) in [6.07, 6.45) is 0. The zero-order valence-electron chi connectivity index (χ0n) is 13.0. The summed E-state index contributed by atoms with van der Waals surface area (Å²) in [7, 11) is 0. The summed E-state index contributed by atoms with van der Waals surface area (Å²) in [5.41, 5.74) is 1.45. The van der Waals surface area contributed by atoms with Gasteiger partial charge in [0.2, 0.25) is 5.16 Å². The number of fused-ring (bicyclic) bond motifs is 1. The van der Waals surface area contributed by atoms with Crippen molar-refractivity contribution in [1.82, 2.24) is 15.2 Å². The van der Waals surface area contributed by atoms with Gasteiger partial charge in [0.1, 0.15) is 19.0 Å². The second kappa shape index (κ2) is 7.05. The first-order valence-corrected chi connectivity index (χ1v) is 9.36. The molecule has 0 aliphatic carbocycles. The van der Waals surface area contributed by atoms with E-state index in [1.165, 1.54) is 17.8 Å². The molecule has 1 aliphatic rings. The van der Waals surface area contributed by atoms with Crippen LogP contribution >= 0.6 is 27.7 Å². The SMILES string of the molecule is Fc1ccccc1-c1nc(SCc2cc3c(cc2Br)OCCO3)n[nH]1. The van der Waals surface area contributed by atoms with E-state index in [2.05, 4.69) is 31.1 Å². The summed E-state index contributed by atoms with van der Waals surface area (Å²) < 4.78 is 25.9. The molecule has 0 amide bonds. The maximum absolute atomic E-state index is 13.8. The van der Waals surface area contributed by atoms with Gasteiger partial charge in [-0.25, -0.2) is 9.37 Å². The first-order chi connectivity index (χ1) is 12.2. The number of hydrogen-bond donors (Lipinski definition) is 1. The van der Waals surface area contributed by atoms with Crippen LogP contribution in [0.5, 0.6) is 11.5 Å². The van der Waals surface area contributed by atoms with Crippen molar-refractivity contribution in [2.24, 2.45) is 0 Å². The lowest BCUT2D eigenvalue weighted by Gasteiger charge is -2.19. The third-order valence-corrected chi connectivity index (χ3v) is 5.30. The topological polar surface area (TPSA) is 60.0 Å². The van der Waals surface area contributed by atoms with Gasteiger partial charge in [-0.2, -0.15) is 0 Å². The minimum absolute atomic E-state index is 0.329. The zero-order chi connectivity index (χ0) is 17.2. The Labute approximate surface area is 156 Å². The van der Waals surface area contributed by atoms with E-state index < -0.39 is 0 Å². The maximum atomic E-state index is 13.8. The average Bonchev–Trinajstić information content (AvgIpc) is 3.09. The van der Waals surface area contributed by atoms with E-state index in [0.29, 0.717) is 35.5 Å². The highest BCUT2D eigenvalue weighted by atomic mass is 79.9. The molecule has 2 heterocycles. The number of nitrogens with one attached hydrogen (secondary N) is 1. The van der Waals surface area contributed by atoms with Crippen molar-refractivity contribution < 1.29 is 13.9 Å². The Morgan fingerprint density at radius 1 is 1.16 bits per heavy atom. The van der Waals surface area contributed by atoms with Crippen LogP contribution < -0.4 is 9.47 Å². The lowest BCUT2D eigenvalue weighted by molar-refractivity contribution is 0.171. The fraction of sp³-hybridized carbons (Fsp3) is 0.176. The Morgan fingerprint density at radius 2 is 1.92 bits per heavy atom. The minimum Gasteiger partial charge on any atom is -0.486 e. The van der Waals surface area contributed by atoms with Crippen LogP contribution in [-0.4, -0.2) is 28.4 Å². The molecular formula is C17H13BrFN3O2S. The number of aromatic nitrogens is 3. The number of halogens is 2. The van der Waals surface area contributed by atoms with Crippen molar-refractivity contribution >= 4 is 27.7 Å². The van der Waals surface area contributed by atoms with Gasteiger partial charge in [0.25, 0.3) is 0 Å². The number of ether oxygens (including phenoxy) is 2. The maximum Gasteiger partial charge on any atom is 0.209 e. The van der Waals surface area contributed by atoms with Crippen molar-refractivity contribution in [3.63, 3.8) is 0 Å². The highest BCUT2D eigenvalue weighted by Crippen LogP contribution is 2.37. The second-order valence-corrected chi connectivity index (χ2v) is 7.12. The standard InChI is InChI=1S/C17H13BrFN3O2S/c18-12-8-15-14(23-5-6-24-15)7-10(12)9-25-17-20-16(21-22-17)11-3-1-2-4-13(11)19/h1-4,7-8H,5-6,9H2,(H,20,21,22). The molecule has 0 unspecified atom stereocenters. The zero-order valence-corrected chi connectivity index (χ0v) is 15.4. The van der Waals surface area contributed by atoms with Crippen molar-refractivity contribution in [2.45, 2.75) is 10.9 Å². The quantitative estimate of drug-likeness (QED) is 0.631. The van der Waals surface area contributed by atoms with Gasteiger partial charge in [0, 0.05) is 10.2 Å². The van der Waals surface area contributed by atoms with Gasteiger partial charge in [-0.15, -0.1) is 5.10 Å². The summed E-state index contributed by atoms with van der Waals surface area (Å²) in [5, 5.41) is 7.50. The number of rotatable bonds is 4. The highest BCUT2D eigenvalue weighted by Gasteiger charge is 2.16. The Bertz CT molecular complexity index is 919. The van der Waals surface area contributed by atoms with Crippen LogP contribution in [0.1, 0.15) is 5.56 Å². The van der Waals surface area contributed by atoms with Crippen LogP contribution in [-0.2, 0) is 5.75 Å². The van der Waals surface area contributed by atoms with Gasteiger partial charge < -0.3 is 9.47 Å². The van der Waals surface area contributed by atoms with Crippen LogP contribution in [0.2, 0.25) is 0 Å². The van der Waals surface area contributed by atoms with E-state index in [1.54, 1.807) is 18.2 Å². The van der Waals surface area contributed by atoms with Crippen molar-refractivity contribution in [2.75, 3.05) is 13.2 Å². The van der Waals surface area contributed by atoms with E-state index in [9.17, 15) is 4.39 Å². The van der Waals surface area contributed by atoms with Gasteiger partial charge >= 0.3 is 0 Å². The first kappa shape index (κ1) is 16.4. The molecule has 3 aromatic rings. The Hall–Kier alpha value is -2.06. The number of H-pyrrole nitrogens is 1. The first-order valence-electron chi connectivity index (χ1n) is 7.59. The predicted octanol–water partition coefficient (Wildman–Crippen LogP) is 4.44. The lowest BCUT2D eigenvalue weighted by Crippen LogP contribution is -2.15. The lowest BCUT2D eigenvalue weighted by atomic mass is 10.2. The van der Waals surface area contributed by atoms with Gasteiger partial charge in [-0.05, 0) is 29.8 Å². The Kier molecular flexibility index (Phi) is 4.63. The molecular weight excluding hydrogens is 409 g/mol. The Balaban J connectivity index is 1.50. The minimum atomic E-state index is -0.329. The molecule has 0 fully saturated rings. The molecule has 1 aromatic heterocycles. The van der Waals surface area contributed by atoms with Gasteiger partial charge in [-0.3, -0.25) is 5.10 Å². The normalized spacial score (nSPS) is 13.0. The largest absolute Gasteiger partial charge is 0.486 e. The number of aromatic amines is 1. The van der Waals surface area contributed by atoms with Crippen LogP contribution in [0.4, 0.5) is 4.39 Å². The fourth-order valence-corrected chi connectivity index (χ4v) is 3.88. The summed E-state index contributed by atoms with van der Waals surface area (Å²) in [6.45, 7) is 1.11. The van der Waals surface area contributed by atoms with E-state index in [1.807, 2.05) is 12.1 Å². The second-order valence-electron chi connectivity index (χ2n) is 5.32. The molecule has 0 atom stereocenters. The van der Waals surface area contributed by atoms with Crippen LogP contribution in [0, 0.1) is 5.82 Å². The summed E-state index contributed by atoms with van der Waals surface area (Å²) in [4.78, 5) is 4.36. The molecule has 5 nitrogen and oxygen atoms in total. The summed E-state index contributed by atoms with van der Waals surface area (Å²) >= 11 is 5.01. The molecule has 4 rings (SSSR count). The monoisotopic (exact) mass is 421 g/mol. The molecule has 0 radical (unpaired) electrons. The van der Waals surface area contributed by atoms with Crippen LogP contribution in [0.25, 0.3) is 11.4 Å². The molecule has 1 aliphatic heterocycles. The van der Waals surface area contributed by atoms with E-state index in [4.69, 9.17) is 9.47 Å². The number of benzene rings is 2. The van der Waals surface area contributed by atoms with Crippen molar-refractivity contribution in [3.05, 3.63) is 52.3 Å². The number of thioether (sulfide) groups is 1. The molecule has 8 heteroatoms. The van der Waals surface area contributed by atoms with E-state index in [-0.39, 0.29) is 5.82 Å². The molecule has 0 saturated carbocycles. The smallest absolute Gasteiger partial charge is 0.209 e. The van der Waals surface area contributed by atoms with Gasteiger partial charge in [-0.1, -0.05) is 39.8 Å². The van der Waals surface area contributed by atoms with Crippen LogP contribution in [0.3, 0.4) is 0 Å². The van der Waals surface area contributed by atoms with Gasteiger partial charge in [0.15, 0.2) is 17.3 Å². The average molecular weight is 422 g/mol. The molecule has 2 aromatic carbocycles. The predicted molar refractivity (Wildman–Crippen MR) is 96.5 cm³/mol. The molecule has 128 valence electrons. The fourth-order valence-electron chi connectivity index (χ4n) is 2.44. The van der Waals surface area contributed by atoms with E-state index >= 15 is 0 Å². The third-order valence-electron chi connectivity index (χ3n) is 3.66. The van der Waals surface area contributed by atoms with Crippen LogP contribution in [0.15, 0.2) is 46.0 Å². The third kappa shape index (κ3) is 3.50. The molecule has 0 spiro atoms. The Morgan fingerprint density at radius 3 is 2.72 bits per heavy atom. The highest BCUT2D eigenvalue weighted by molar-refractivity contribution is 9.10.